The Morgan fingerprint density at radius 3 is 2.87 bits per heavy atom. The number of nitrogens with zero attached hydrogens (tertiary/aromatic N) is 3. The van der Waals surface area contributed by atoms with E-state index in [1.165, 1.54) is 18.7 Å². The lowest BCUT2D eigenvalue weighted by atomic mass is 10.2. The zero-order valence-electron chi connectivity index (χ0n) is 8.26. The standard InChI is InChI=1S/C10H11FN4/c1-7(12)10-5-14-6-15(10)9-2-3-13-4-8(9)11/h2-7H,12H2,1H3. The van der Waals surface area contributed by atoms with E-state index >= 15 is 0 Å². The van der Waals surface area contributed by atoms with Crippen LogP contribution in [0.3, 0.4) is 0 Å². The molecule has 0 aromatic carbocycles. The summed E-state index contributed by atoms with van der Waals surface area (Å²) in [6, 6.07) is 1.39. The van der Waals surface area contributed by atoms with Gasteiger partial charge in [0.05, 0.1) is 30.1 Å². The Labute approximate surface area is 86.6 Å². The zero-order valence-corrected chi connectivity index (χ0v) is 8.26. The minimum atomic E-state index is -0.391. The number of aromatic nitrogens is 3. The minimum Gasteiger partial charge on any atom is -0.323 e. The molecule has 0 fully saturated rings. The average molecular weight is 206 g/mol. The second-order valence-corrected chi connectivity index (χ2v) is 3.30. The van der Waals surface area contributed by atoms with Gasteiger partial charge < -0.3 is 5.73 Å². The fourth-order valence-electron chi connectivity index (χ4n) is 1.41. The van der Waals surface area contributed by atoms with Crippen molar-refractivity contribution in [3.63, 3.8) is 0 Å². The van der Waals surface area contributed by atoms with Crippen LogP contribution < -0.4 is 5.73 Å². The summed E-state index contributed by atoms with van der Waals surface area (Å²) in [5, 5.41) is 0. The van der Waals surface area contributed by atoms with Gasteiger partial charge in [0.15, 0.2) is 5.82 Å². The third-order valence-corrected chi connectivity index (χ3v) is 2.14. The highest BCUT2D eigenvalue weighted by Gasteiger charge is 2.11. The average Bonchev–Trinajstić information content (AvgIpc) is 2.67. The van der Waals surface area contributed by atoms with E-state index in [4.69, 9.17) is 5.73 Å². The molecular formula is C10H11FN4. The molecule has 0 bridgehead atoms. The van der Waals surface area contributed by atoms with Gasteiger partial charge in [-0.05, 0) is 13.0 Å². The molecule has 0 saturated heterocycles. The fourth-order valence-corrected chi connectivity index (χ4v) is 1.41. The maximum Gasteiger partial charge on any atom is 0.165 e. The molecule has 2 rings (SSSR count). The van der Waals surface area contributed by atoms with Crippen LogP contribution in [0, 0.1) is 5.82 Å². The summed E-state index contributed by atoms with van der Waals surface area (Å²) >= 11 is 0. The largest absolute Gasteiger partial charge is 0.323 e. The van der Waals surface area contributed by atoms with Crippen LogP contribution in [-0.2, 0) is 0 Å². The molecule has 2 aromatic rings. The van der Waals surface area contributed by atoms with Gasteiger partial charge in [-0.3, -0.25) is 9.55 Å². The van der Waals surface area contributed by atoms with Crippen molar-refractivity contribution in [2.24, 2.45) is 5.73 Å². The van der Waals surface area contributed by atoms with E-state index in [1.807, 2.05) is 6.92 Å². The summed E-state index contributed by atoms with van der Waals surface area (Å²) in [4.78, 5) is 7.65. The van der Waals surface area contributed by atoms with Crippen LogP contribution in [0.2, 0.25) is 0 Å². The minimum absolute atomic E-state index is 0.194. The van der Waals surface area contributed by atoms with Crippen LogP contribution >= 0.6 is 0 Å². The number of halogens is 1. The molecule has 2 N–H and O–H groups in total. The first-order chi connectivity index (χ1) is 7.20. The molecule has 2 heterocycles. The van der Waals surface area contributed by atoms with Crippen molar-refractivity contribution in [2.45, 2.75) is 13.0 Å². The zero-order chi connectivity index (χ0) is 10.8. The summed E-state index contributed by atoms with van der Waals surface area (Å²) in [6.45, 7) is 1.83. The summed E-state index contributed by atoms with van der Waals surface area (Å²) < 4.78 is 15.1. The van der Waals surface area contributed by atoms with Crippen molar-refractivity contribution in [1.29, 1.82) is 0 Å². The lowest BCUT2D eigenvalue weighted by Crippen LogP contribution is -2.11. The monoisotopic (exact) mass is 206 g/mol. The van der Waals surface area contributed by atoms with Crippen LogP contribution in [0.25, 0.3) is 5.69 Å². The molecule has 0 radical (unpaired) electrons. The highest BCUT2D eigenvalue weighted by atomic mass is 19.1. The molecule has 1 unspecified atom stereocenters. The summed E-state index contributed by atoms with van der Waals surface area (Å²) in [6.07, 6.45) is 5.87. The molecule has 78 valence electrons. The maximum atomic E-state index is 13.4. The van der Waals surface area contributed by atoms with E-state index in [1.54, 1.807) is 16.8 Å². The molecule has 4 nitrogen and oxygen atoms in total. The summed E-state index contributed by atoms with van der Waals surface area (Å²) in [7, 11) is 0. The highest BCUT2D eigenvalue weighted by molar-refractivity contribution is 5.33. The summed E-state index contributed by atoms with van der Waals surface area (Å²) in [5.74, 6) is -0.391. The van der Waals surface area contributed by atoms with Crippen LogP contribution in [0.4, 0.5) is 4.39 Å². The Balaban J connectivity index is 2.55. The van der Waals surface area contributed by atoms with Gasteiger partial charge in [-0.25, -0.2) is 9.37 Å². The van der Waals surface area contributed by atoms with E-state index in [9.17, 15) is 4.39 Å². The normalized spacial score (nSPS) is 12.7. The number of hydrogen-bond acceptors (Lipinski definition) is 3. The van der Waals surface area contributed by atoms with E-state index in [0.717, 1.165) is 5.69 Å². The Hall–Kier alpha value is -1.75. The number of hydrogen-bond donors (Lipinski definition) is 1. The molecule has 0 aliphatic carbocycles. The quantitative estimate of drug-likeness (QED) is 0.808. The number of nitrogens with two attached hydrogens (primary N) is 1. The van der Waals surface area contributed by atoms with E-state index in [2.05, 4.69) is 9.97 Å². The first-order valence-electron chi connectivity index (χ1n) is 4.58. The number of pyridine rings is 1. The number of rotatable bonds is 2. The van der Waals surface area contributed by atoms with Gasteiger partial charge in [0.2, 0.25) is 0 Å². The van der Waals surface area contributed by atoms with Crippen LogP contribution in [0.1, 0.15) is 18.7 Å². The van der Waals surface area contributed by atoms with E-state index in [0.29, 0.717) is 5.69 Å². The van der Waals surface area contributed by atoms with E-state index < -0.39 is 5.82 Å². The van der Waals surface area contributed by atoms with Gasteiger partial charge in [0.1, 0.15) is 0 Å². The van der Waals surface area contributed by atoms with Crippen LogP contribution in [0.15, 0.2) is 31.0 Å². The lowest BCUT2D eigenvalue weighted by molar-refractivity contribution is 0.606. The van der Waals surface area contributed by atoms with Crippen LogP contribution in [-0.4, -0.2) is 14.5 Å². The molecular weight excluding hydrogens is 195 g/mol. The molecule has 2 aromatic heterocycles. The van der Waals surface area contributed by atoms with Crippen LogP contribution in [0.5, 0.6) is 0 Å². The van der Waals surface area contributed by atoms with E-state index in [-0.39, 0.29) is 6.04 Å². The molecule has 15 heavy (non-hydrogen) atoms. The molecule has 0 spiro atoms. The third-order valence-electron chi connectivity index (χ3n) is 2.14. The van der Waals surface area contributed by atoms with Crippen molar-refractivity contribution in [3.8, 4) is 5.69 Å². The van der Waals surface area contributed by atoms with Crippen molar-refractivity contribution < 1.29 is 4.39 Å². The maximum absolute atomic E-state index is 13.4. The molecule has 0 amide bonds. The summed E-state index contributed by atoms with van der Waals surface area (Å²) in [5.41, 5.74) is 6.92. The van der Waals surface area contributed by atoms with Crippen molar-refractivity contribution in [3.05, 3.63) is 42.5 Å². The predicted octanol–water partition coefficient (Wildman–Crippen LogP) is 1.43. The SMILES string of the molecule is CC(N)c1cncn1-c1ccncc1F. The fraction of sp³-hybridized carbons (Fsp3) is 0.200. The molecule has 0 aliphatic rings. The van der Waals surface area contributed by atoms with Crippen molar-refractivity contribution >= 4 is 0 Å². The van der Waals surface area contributed by atoms with Gasteiger partial charge in [0, 0.05) is 12.2 Å². The van der Waals surface area contributed by atoms with Gasteiger partial charge in [-0.1, -0.05) is 0 Å². The Morgan fingerprint density at radius 2 is 2.20 bits per heavy atom. The molecule has 0 aliphatic heterocycles. The highest BCUT2D eigenvalue weighted by Crippen LogP contribution is 2.17. The Bertz CT molecular complexity index is 464. The van der Waals surface area contributed by atoms with Gasteiger partial charge in [-0.15, -0.1) is 0 Å². The first kappa shape index (κ1) is 9.79. The first-order valence-corrected chi connectivity index (χ1v) is 4.58. The molecule has 0 saturated carbocycles. The molecule has 1 atom stereocenters. The number of imidazole rings is 1. The Morgan fingerprint density at radius 1 is 1.40 bits per heavy atom. The smallest absolute Gasteiger partial charge is 0.165 e. The van der Waals surface area contributed by atoms with Gasteiger partial charge >= 0.3 is 0 Å². The van der Waals surface area contributed by atoms with Crippen molar-refractivity contribution in [1.82, 2.24) is 14.5 Å². The topological polar surface area (TPSA) is 56.7 Å². The molecule has 5 heteroatoms. The predicted molar refractivity (Wildman–Crippen MR) is 53.9 cm³/mol. The lowest BCUT2D eigenvalue weighted by Gasteiger charge is -2.10. The second-order valence-electron chi connectivity index (χ2n) is 3.30. The Kier molecular flexibility index (Phi) is 2.47. The van der Waals surface area contributed by atoms with Gasteiger partial charge in [0.25, 0.3) is 0 Å². The van der Waals surface area contributed by atoms with Gasteiger partial charge in [-0.2, -0.15) is 0 Å². The van der Waals surface area contributed by atoms with Crippen molar-refractivity contribution in [2.75, 3.05) is 0 Å². The second kappa shape index (κ2) is 3.78. The third kappa shape index (κ3) is 1.73.